The molecule has 0 aliphatic carbocycles. The molecule has 1 aliphatic heterocycles. The number of epoxide rings is 1. The molecule has 42 valence electrons. The second-order valence-corrected chi connectivity index (χ2v) is 1.10. The zero-order valence-corrected chi connectivity index (χ0v) is 4.14. The number of carboxylic acids is 1. The van der Waals surface area contributed by atoms with Crippen molar-refractivity contribution in [3.63, 3.8) is 0 Å². The predicted molar refractivity (Wildman–Crippen MR) is 21.5 cm³/mol. The van der Waals surface area contributed by atoms with E-state index in [1.165, 1.54) is 0 Å². The van der Waals surface area contributed by atoms with Crippen molar-refractivity contribution in [2.75, 3.05) is 13.2 Å². The van der Waals surface area contributed by atoms with Crippen LogP contribution in [0.4, 0.5) is 0 Å². The lowest BCUT2D eigenvalue weighted by Gasteiger charge is -1.77. The van der Waals surface area contributed by atoms with Gasteiger partial charge in [-0.2, -0.15) is 0 Å². The van der Waals surface area contributed by atoms with Crippen LogP contribution in [0.15, 0.2) is 0 Å². The van der Waals surface area contributed by atoms with Crippen LogP contribution in [0.2, 0.25) is 0 Å². The summed E-state index contributed by atoms with van der Waals surface area (Å²) >= 11 is 0. The van der Waals surface area contributed by atoms with Crippen LogP contribution >= 0.6 is 0 Å². The highest BCUT2D eigenvalue weighted by Gasteiger charge is 1.94. The van der Waals surface area contributed by atoms with E-state index in [0.717, 1.165) is 20.1 Å². The molecule has 1 heterocycles. The van der Waals surface area contributed by atoms with Gasteiger partial charge in [-0.3, -0.25) is 0 Å². The predicted octanol–water partition coefficient (Wildman–Crippen LogP) is -1.23. The lowest BCUT2D eigenvalue weighted by molar-refractivity contribution is -0.302. The van der Waals surface area contributed by atoms with Gasteiger partial charge in [-0.25, -0.2) is 0 Å². The van der Waals surface area contributed by atoms with E-state index in [0.29, 0.717) is 0 Å². The molecule has 0 spiro atoms. The van der Waals surface area contributed by atoms with Gasteiger partial charge in [0.2, 0.25) is 0 Å². The molecule has 0 N–H and O–H groups in total. The van der Waals surface area contributed by atoms with E-state index < -0.39 is 5.97 Å². The number of rotatable bonds is 0. The van der Waals surface area contributed by atoms with Crippen LogP contribution in [0.25, 0.3) is 0 Å². The molecule has 0 amide bonds. The highest BCUT2D eigenvalue weighted by Crippen LogP contribution is 1.84. The molecule has 3 nitrogen and oxygen atoms in total. The van der Waals surface area contributed by atoms with Gasteiger partial charge in [-0.1, -0.05) is 0 Å². The van der Waals surface area contributed by atoms with Crippen molar-refractivity contribution in [3.8, 4) is 0 Å². The van der Waals surface area contributed by atoms with E-state index in [4.69, 9.17) is 9.90 Å². The summed E-state index contributed by atoms with van der Waals surface area (Å²) in [5.41, 5.74) is 0. The van der Waals surface area contributed by atoms with Crippen LogP contribution in [0.3, 0.4) is 0 Å². The van der Waals surface area contributed by atoms with Crippen molar-refractivity contribution in [2.24, 2.45) is 0 Å². The minimum absolute atomic E-state index is 0.972. The molecule has 0 saturated carbocycles. The summed E-state index contributed by atoms with van der Waals surface area (Å²) in [6.45, 7) is 2.97. The minimum atomic E-state index is -1.08. The van der Waals surface area contributed by atoms with E-state index in [-0.39, 0.29) is 0 Å². The molecule has 0 aromatic carbocycles. The SMILES string of the molecule is C1CO1.CC(=O)[O-]. The Kier molecular flexibility index (Phi) is 3.32. The summed E-state index contributed by atoms with van der Waals surface area (Å²) in [6.07, 6.45) is 0. The van der Waals surface area contributed by atoms with Crippen molar-refractivity contribution in [3.05, 3.63) is 0 Å². The molecule has 0 unspecified atom stereocenters. The second kappa shape index (κ2) is 3.61. The highest BCUT2D eigenvalue weighted by molar-refractivity contribution is 5.60. The van der Waals surface area contributed by atoms with Crippen molar-refractivity contribution in [1.82, 2.24) is 0 Å². The number of carbonyl (C=O) groups excluding carboxylic acids is 1. The topological polar surface area (TPSA) is 52.7 Å². The first-order chi connectivity index (χ1) is 3.23. The normalized spacial score (nSPS) is 13.9. The fourth-order valence-electron chi connectivity index (χ4n) is 0. The Labute approximate surface area is 41.9 Å². The van der Waals surface area contributed by atoms with Crippen LogP contribution in [-0.4, -0.2) is 19.2 Å². The number of carbonyl (C=O) groups is 1. The molecule has 0 bridgehead atoms. The number of carboxylic acid groups (broad SMARTS) is 1. The van der Waals surface area contributed by atoms with Crippen LogP contribution in [0.5, 0.6) is 0 Å². The fraction of sp³-hybridized carbons (Fsp3) is 0.750. The molecule has 0 radical (unpaired) electrons. The summed E-state index contributed by atoms with van der Waals surface area (Å²) in [4.78, 5) is 8.89. The van der Waals surface area contributed by atoms with Crippen LogP contribution < -0.4 is 5.11 Å². The van der Waals surface area contributed by atoms with Crippen molar-refractivity contribution < 1.29 is 14.6 Å². The van der Waals surface area contributed by atoms with Gasteiger partial charge in [-0.15, -0.1) is 0 Å². The lowest BCUT2D eigenvalue weighted by Crippen LogP contribution is -2.16. The molecule has 1 aliphatic rings. The largest absolute Gasteiger partial charge is 0.550 e. The number of ether oxygens (including phenoxy) is 1. The van der Waals surface area contributed by atoms with Gasteiger partial charge >= 0.3 is 0 Å². The molecule has 3 heteroatoms. The zero-order valence-electron chi connectivity index (χ0n) is 4.14. The summed E-state index contributed by atoms with van der Waals surface area (Å²) in [5.74, 6) is -1.08. The van der Waals surface area contributed by atoms with Gasteiger partial charge in [0, 0.05) is 5.97 Å². The molecular weight excluding hydrogens is 96.0 g/mol. The van der Waals surface area contributed by atoms with Crippen molar-refractivity contribution in [1.29, 1.82) is 0 Å². The summed E-state index contributed by atoms with van der Waals surface area (Å²) < 4.78 is 4.50. The third-order valence-electron chi connectivity index (χ3n) is 0.204. The Morgan fingerprint density at radius 1 is 1.71 bits per heavy atom. The Morgan fingerprint density at radius 3 is 1.86 bits per heavy atom. The maximum Gasteiger partial charge on any atom is 0.0701 e. The molecule has 1 rings (SSSR count). The zero-order chi connectivity index (χ0) is 5.70. The molecule has 1 saturated heterocycles. The van der Waals surface area contributed by atoms with Crippen molar-refractivity contribution in [2.45, 2.75) is 6.92 Å². The lowest BCUT2D eigenvalue weighted by atomic mass is 10.9. The number of hydrogen-bond acceptors (Lipinski definition) is 3. The van der Waals surface area contributed by atoms with Gasteiger partial charge < -0.3 is 14.6 Å². The molecule has 7 heavy (non-hydrogen) atoms. The van der Waals surface area contributed by atoms with Gasteiger partial charge in [-0.05, 0) is 6.92 Å². The van der Waals surface area contributed by atoms with E-state index in [1.54, 1.807) is 0 Å². The average Bonchev–Trinajstić information content (AvgIpc) is 2.02. The highest BCUT2D eigenvalue weighted by atomic mass is 16.6. The first-order valence-electron chi connectivity index (χ1n) is 1.99. The molecule has 0 aromatic rings. The fourth-order valence-corrected chi connectivity index (χ4v) is 0. The molecule has 0 atom stereocenters. The molecule has 1 fully saturated rings. The van der Waals surface area contributed by atoms with Gasteiger partial charge in [0.1, 0.15) is 0 Å². The van der Waals surface area contributed by atoms with E-state index >= 15 is 0 Å². The van der Waals surface area contributed by atoms with Crippen molar-refractivity contribution >= 4 is 5.97 Å². The van der Waals surface area contributed by atoms with Gasteiger partial charge in [0.25, 0.3) is 0 Å². The standard InChI is InChI=1S/C2H4O2.C2H4O/c1-2(3)4;1-2-3-1/h1H3,(H,3,4);1-2H2/p-1. The van der Waals surface area contributed by atoms with E-state index in [1.807, 2.05) is 0 Å². The minimum Gasteiger partial charge on any atom is -0.550 e. The Hall–Kier alpha value is -0.570. The van der Waals surface area contributed by atoms with Crippen LogP contribution in [-0.2, 0) is 9.53 Å². The maximum atomic E-state index is 8.89. The third-order valence-corrected chi connectivity index (χ3v) is 0.204. The van der Waals surface area contributed by atoms with Gasteiger partial charge in [0.15, 0.2) is 0 Å². The Morgan fingerprint density at radius 2 is 1.86 bits per heavy atom. The Bertz CT molecular complexity index is 51.2. The van der Waals surface area contributed by atoms with E-state index in [2.05, 4.69) is 4.74 Å². The Balaban J connectivity index is 0.000000105. The summed E-state index contributed by atoms with van der Waals surface area (Å²) in [7, 11) is 0. The first kappa shape index (κ1) is 6.43. The number of aliphatic carboxylic acids is 1. The second-order valence-electron chi connectivity index (χ2n) is 1.10. The molecular formula is C4H7O3-. The number of hydrogen-bond donors (Lipinski definition) is 0. The third kappa shape index (κ3) is 346. The monoisotopic (exact) mass is 103 g/mol. The average molecular weight is 103 g/mol. The van der Waals surface area contributed by atoms with Gasteiger partial charge in [0.05, 0.1) is 13.2 Å². The maximum absolute atomic E-state index is 8.89. The summed E-state index contributed by atoms with van der Waals surface area (Å²) in [6, 6.07) is 0. The van der Waals surface area contributed by atoms with E-state index in [9.17, 15) is 0 Å². The summed E-state index contributed by atoms with van der Waals surface area (Å²) in [5, 5.41) is 8.89. The van der Waals surface area contributed by atoms with Crippen LogP contribution in [0.1, 0.15) is 6.92 Å². The van der Waals surface area contributed by atoms with Crippen LogP contribution in [0, 0.1) is 0 Å². The smallest absolute Gasteiger partial charge is 0.0701 e. The molecule has 0 aromatic heterocycles. The quantitative estimate of drug-likeness (QED) is 0.361. The first-order valence-corrected chi connectivity index (χ1v) is 1.99.